The average molecular weight is 417 g/mol. The molecule has 0 radical (unpaired) electrons. The van der Waals surface area contributed by atoms with Gasteiger partial charge >= 0.3 is 0 Å². The molecule has 0 amide bonds. The summed E-state index contributed by atoms with van der Waals surface area (Å²) in [4.78, 5) is 26.2. The van der Waals surface area contributed by atoms with E-state index in [1.54, 1.807) is 0 Å². The minimum absolute atomic E-state index is 0.0693. The lowest BCUT2D eigenvalue weighted by atomic mass is 9.62. The van der Waals surface area contributed by atoms with Gasteiger partial charge in [-0.1, -0.05) is 84.3 Å². The highest BCUT2D eigenvalue weighted by Crippen LogP contribution is 2.57. The van der Waals surface area contributed by atoms with Crippen LogP contribution in [-0.2, 0) is 9.59 Å². The van der Waals surface area contributed by atoms with Gasteiger partial charge in [-0.2, -0.15) is 0 Å². The smallest absolute Gasteiger partial charge is 0.139 e. The third kappa shape index (κ3) is 7.06. The summed E-state index contributed by atoms with van der Waals surface area (Å²) >= 11 is 0. The number of fused-ring (bicyclic) bond motifs is 2. The molecule has 0 aromatic rings. The van der Waals surface area contributed by atoms with Crippen LogP contribution in [0.25, 0.3) is 0 Å². The molecule has 1 fully saturated rings. The molecule has 0 aliphatic heterocycles. The number of rotatable bonds is 0. The Labute approximate surface area is 186 Å². The second-order valence-electron chi connectivity index (χ2n) is 10.8. The molecule has 0 aromatic carbocycles. The van der Waals surface area contributed by atoms with Gasteiger partial charge in [-0.05, 0) is 56.8 Å². The number of Topliss-reactive ketones (excluding diaryl/α,β-unsaturated/α-hetero) is 2. The van der Waals surface area contributed by atoms with Gasteiger partial charge in [-0.15, -0.1) is 0 Å². The molecule has 0 N–H and O–H groups in total. The highest BCUT2D eigenvalue weighted by atomic mass is 16.1. The molecular weight excluding hydrogens is 368 g/mol. The van der Waals surface area contributed by atoms with E-state index in [1.165, 1.54) is 77.0 Å². The molecule has 1 saturated carbocycles. The van der Waals surface area contributed by atoms with Gasteiger partial charge in [-0.25, -0.2) is 0 Å². The first-order chi connectivity index (χ1) is 14.4. The molecule has 2 aliphatic carbocycles. The lowest BCUT2D eigenvalue weighted by molar-refractivity contribution is -0.136. The first-order valence-corrected chi connectivity index (χ1v) is 13.1. The molecule has 2 nitrogen and oxygen atoms in total. The van der Waals surface area contributed by atoms with Crippen molar-refractivity contribution in [3.63, 3.8) is 0 Å². The summed E-state index contributed by atoms with van der Waals surface area (Å²) in [6, 6.07) is 0. The Morgan fingerprint density at radius 2 is 1.13 bits per heavy atom. The standard InChI is InChI=1S/C28H48O2/c1-27(2)24-22-23-28(27,3)26(30)21-19-17-15-13-11-9-7-5-4-6-8-10-12-14-16-18-20-25(24)29/h4-5,24H,6-23H2,1-3H3/b5-4-/t24-,28+/m0/s1. The molecule has 2 atom stereocenters. The van der Waals surface area contributed by atoms with E-state index in [1.807, 2.05) is 0 Å². The quantitative estimate of drug-likeness (QED) is 0.372. The van der Waals surface area contributed by atoms with Gasteiger partial charge in [-0.3, -0.25) is 9.59 Å². The summed E-state index contributed by atoms with van der Waals surface area (Å²) in [6.07, 6.45) is 25.1. The van der Waals surface area contributed by atoms with E-state index < -0.39 is 0 Å². The van der Waals surface area contributed by atoms with Gasteiger partial charge in [0.25, 0.3) is 0 Å². The summed E-state index contributed by atoms with van der Waals surface area (Å²) in [5.41, 5.74) is -0.529. The first kappa shape index (κ1) is 25.3. The van der Waals surface area contributed by atoms with Crippen LogP contribution in [0.2, 0.25) is 0 Å². The largest absolute Gasteiger partial charge is 0.299 e. The minimum Gasteiger partial charge on any atom is -0.299 e. The molecule has 0 heterocycles. The molecule has 0 saturated heterocycles. The van der Waals surface area contributed by atoms with Crippen molar-refractivity contribution >= 4 is 11.6 Å². The van der Waals surface area contributed by atoms with Crippen LogP contribution in [-0.4, -0.2) is 11.6 Å². The van der Waals surface area contributed by atoms with Crippen LogP contribution >= 0.6 is 0 Å². The molecule has 2 rings (SSSR count). The van der Waals surface area contributed by atoms with Gasteiger partial charge in [0.1, 0.15) is 11.6 Å². The number of carbonyl (C=O) groups excluding carboxylic acids is 2. The van der Waals surface area contributed by atoms with Crippen molar-refractivity contribution in [2.75, 3.05) is 0 Å². The monoisotopic (exact) mass is 416 g/mol. The summed E-state index contributed by atoms with van der Waals surface area (Å²) in [6.45, 7) is 6.53. The molecule has 0 spiro atoms. The van der Waals surface area contributed by atoms with Crippen LogP contribution in [0.4, 0.5) is 0 Å². The fourth-order valence-corrected chi connectivity index (χ4v) is 5.77. The van der Waals surface area contributed by atoms with Crippen molar-refractivity contribution in [3.8, 4) is 0 Å². The topological polar surface area (TPSA) is 34.1 Å². The third-order valence-electron chi connectivity index (χ3n) is 8.47. The van der Waals surface area contributed by atoms with Gasteiger partial charge in [0.05, 0.1) is 0 Å². The van der Waals surface area contributed by atoms with E-state index in [0.717, 1.165) is 25.7 Å². The van der Waals surface area contributed by atoms with Gasteiger partial charge < -0.3 is 0 Å². The second kappa shape index (κ2) is 12.8. The predicted octanol–water partition coefficient (Wildman–Crippen LogP) is 8.38. The number of carbonyl (C=O) groups is 2. The first-order valence-electron chi connectivity index (χ1n) is 13.1. The molecule has 172 valence electrons. The number of allylic oxidation sites excluding steroid dienone is 2. The zero-order valence-electron chi connectivity index (χ0n) is 20.3. The second-order valence-corrected chi connectivity index (χ2v) is 10.8. The number of hydrogen-bond donors (Lipinski definition) is 0. The van der Waals surface area contributed by atoms with E-state index >= 15 is 0 Å². The van der Waals surface area contributed by atoms with E-state index in [-0.39, 0.29) is 16.7 Å². The SMILES string of the molecule is CC1(C)[C@H]2CC[C@]1(C)C(=O)CCCCCCCC/C=C\CCCCCCCCC2=O. The lowest BCUT2D eigenvalue weighted by Crippen LogP contribution is -2.42. The van der Waals surface area contributed by atoms with Crippen LogP contribution in [0.15, 0.2) is 12.2 Å². The van der Waals surface area contributed by atoms with Crippen molar-refractivity contribution in [2.45, 2.75) is 136 Å². The lowest BCUT2D eigenvalue weighted by Gasteiger charge is -2.40. The Morgan fingerprint density at radius 1 is 0.667 bits per heavy atom. The molecule has 2 bridgehead atoms. The van der Waals surface area contributed by atoms with Crippen molar-refractivity contribution in [3.05, 3.63) is 12.2 Å². The van der Waals surface area contributed by atoms with Crippen molar-refractivity contribution in [1.82, 2.24) is 0 Å². The van der Waals surface area contributed by atoms with Crippen molar-refractivity contribution in [2.24, 2.45) is 16.7 Å². The Bertz CT molecular complexity index is 559. The zero-order valence-corrected chi connectivity index (χ0v) is 20.3. The maximum absolute atomic E-state index is 13.2. The Morgan fingerprint density at radius 3 is 1.70 bits per heavy atom. The van der Waals surface area contributed by atoms with Crippen LogP contribution in [0, 0.1) is 16.7 Å². The minimum atomic E-state index is -0.324. The summed E-state index contributed by atoms with van der Waals surface area (Å²) < 4.78 is 0. The Hall–Kier alpha value is -0.920. The van der Waals surface area contributed by atoms with Gasteiger partial charge in [0.15, 0.2) is 0 Å². The summed E-state index contributed by atoms with van der Waals surface area (Å²) in [7, 11) is 0. The average Bonchev–Trinajstić information content (AvgIpc) is 2.96. The summed E-state index contributed by atoms with van der Waals surface area (Å²) in [5.74, 6) is 0.895. The highest BCUT2D eigenvalue weighted by Gasteiger charge is 2.56. The van der Waals surface area contributed by atoms with E-state index in [4.69, 9.17) is 0 Å². The number of hydrogen-bond acceptors (Lipinski definition) is 2. The Balaban J connectivity index is 1.91. The maximum Gasteiger partial charge on any atom is 0.139 e. The van der Waals surface area contributed by atoms with Crippen LogP contribution < -0.4 is 0 Å². The fraction of sp³-hybridized carbons (Fsp3) is 0.857. The number of ketones is 2. The van der Waals surface area contributed by atoms with Gasteiger partial charge in [0, 0.05) is 24.2 Å². The van der Waals surface area contributed by atoms with Crippen LogP contribution in [0.3, 0.4) is 0 Å². The van der Waals surface area contributed by atoms with E-state index in [0.29, 0.717) is 24.4 Å². The molecule has 30 heavy (non-hydrogen) atoms. The van der Waals surface area contributed by atoms with Crippen molar-refractivity contribution < 1.29 is 9.59 Å². The molecule has 0 aromatic heterocycles. The van der Waals surface area contributed by atoms with Crippen LogP contribution in [0.5, 0.6) is 0 Å². The Kier molecular flexibility index (Phi) is 10.8. The molecule has 2 heteroatoms. The molecular formula is C28H48O2. The molecule has 0 unspecified atom stereocenters. The van der Waals surface area contributed by atoms with E-state index in [2.05, 4.69) is 32.9 Å². The predicted molar refractivity (Wildman–Crippen MR) is 128 cm³/mol. The molecule has 2 aliphatic rings. The van der Waals surface area contributed by atoms with Crippen LogP contribution in [0.1, 0.15) is 136 Å². The maximum atomic E-state index is 13.2. The third-order valence-corrected chi connectivity index (χ3v) is 8.47. The normalized spacial score (nSPS) is 32.6. The zero-order chi connectivity index (χ0) is 21.9. The van der Waals surface area contributed by atoms with E-state index in [9.17, 15) is 9.59 Å². The highest BCUT2D eigenvalue weighted by molar-refractivity contribution is 5.89. The summed E-state index contributed by atoms with van der Waals surface area (Å²) in [5, 5.41) is 0. The fourth-order valence-electron chi connectivity index (χ4n) is 5.77. The van der Waals surface area contributed by atoms with Crippen molar-refractivity contribution in [1.29, 1.82) is 0 Å². The van der Waals surface area contributed by atoms with Gasteiger partial charge in [0.2, 0.25) is 0 Å².